The van der Waals surface area contributed by atoms with Gasteiger partial charge in [0.1, 0.15) is 5.75 Å². The van der Waals surface area contributed by atoms with E-state index >= 15 is 0 Å². The summed E-state index contributed by atoms with van der Waals surface area (Å²) in [6.07, 6.45) is 0. The number of benzene rings is 2. The minimum atomic E-state index is -0.976. The average Bonchev–Trinajstić information content (AvgIpc) is 3.05. The van der Waals surface area contributed by atoms with Crippen molar-refractivity contribution in [2.75, 3.05) is 6.61 Å². The van der Waals surface area contributed by atoms with E-state index in [2.05, 4.69) is 10.2 Å². The van der Waals surface area contributed by atoms with Crippen LogP contribution in [0.1, 0.15) is 17.3 Å². The van der Waals surface area contributed by atoms with Crippen LogP contribution in [0.25, 0.3) is 22.9 Å². The van der Waals surface area contributed by atoms with Gasteiger partial charge in [-0.05, 0) is 49.4 Å². The minimum Gasteiger partial charge on any atom is -0.494 e. The Morgan fingerprint density at radius 1 is 1.09 bits per heavy atom. The molecule has 116 valence electrons. The van der Waals surface area contributed by atoms with Crippen molar-refractivity contribution in [3.8, 4) is 28.7 Å². The summed E-state index contributed by atoms with van der Waals surface area (Å²) in [4.78, 5) is 10.9. The van der Waals surface area contributed by atoms with Gasteiger partial charge in [-0.2, -0.15) is 0 Å². The van der Waals surface area contributed by atoms with E-state index in [1.165, 1.54) is 12.1 Å². The minimum absolute atomic E-state index is 0.206. The Labute approximate surface area is 132 Å². The molecule has 0 atom stereocenters. The van der Waals surface area contributed by atoms with E-state index in [1.54, 1.807) is 12.1 Å². The maximum absolute atomic E-state index is 10.9. The monoisotopic (exact) mass is 310 g/mol. The molecule has 0 aliphatic carbocycles. The highest BCUT2D eigenvalue weighted by Crippen LogP contribution is 2.26. The number of ether oxygens (including phenoxy) is 1. The molecule has 0 aliphatic heterocycles. The van der Waals surface area contributed by atoms with E-state index < -0.39 is 5.97 Å². The summed E-state index contributed by atoms with van der Waals surface area (Å²) in [6.45, 7) is 2.49. The van der Waals surface area contributed by atoms with E-state index in [0.29, 0.717) is 24.0 Å². The predicted molar refractivity (Wildman–Crippen MR) is 83.3 cm³/mol. The topological polar surface area (TPSA) is 85.5 Å². The maximum Gasteiger partial charge on any atom is 0.335 e. The molecule has 0 aliphatic rings. The molecule has 0 amide bonds. The number of rotatable bonds is 5. The first kappa shape index (κ1) is 14.8. The SMILES string of the molecule is CCOc1cccc(-c2nnc(-c3ccc(C(=O)O)cc3)o2)c1. The molecule has 0 bridgehead atoms. The fourth-order valence-electron chi connectivity index (χ4n) is 2.10. The lowest BCUT2D eigenvalue weighted by molar-refractivity contribution is 0.0697. The van der Waals surface area contributed by atoms with Gasteiger partial charge in [0.15, 0.2) is 0 Å². The van der Waals surface area contributed by atoms with Crippen molar-refractivity contribution in [1.29, 1.82) is 0 Å². The summed E-state index contributed by atoms with van der Waals surface area (Å²) >= 11 is 0. The molecule has 6 nitrogen and oxygen atoms in total. The van der Waals surface area contributed by atoms with Crippen molar-refractivity contribution in [3.63, 3.8) is 0 Å². The highest BCUT2D eigenvalue weighted by Gasteiger charge is 2.12. The largest absolute Gasteiger partial charge is 0.494 e. The second-order valence-corrected chi connectivity index (χ2v) is 4.76. The zero-order valence-corrected chi connectivity index (χ0v) is 12.4. The van der Waals surface area contributed by atoms with Crippen LogP contribution >= 0.6 is 0 Å². The molecule has 3 rings (SSSR count). The standard InChI is InChI=1S/C17H14N2O4/c1-2-22-14-5-3-4-13(10-14)16-19-18-15(23-16)11-6-8-12(9-7-11)17(20)21/h3-10H,2H2,1H3,(H,20,21). The molecule has 3 aromatic rings. The summed E-state index contributed by atoms with van der Waals surface area (Å²) < 4.78 is 11.1. The third-order valence-electron chi connectivity index (χ3n) is 3.20. The molecule has 1 N–H and O–H groups in total. The summed E-state index contributed by atoms with van der Waals surface area (Å²) in [7, 11) is 0. The first-order valence-corrected chi connectivity index (χ1v) is 7.08. The molecular formula is C17H14N2O4. The number of hydrogen-bond donors (Lipinski definition) is 1. The van der Waals surface area contributed by atoms with Crippen molar-refractivity contribution in [2.45, 2.75) is 6.92 Å². The van der Waals surface area contributed by atoms with E-state index in [9.17, 15) is 4.79 Å². The predicted octanol–water partition coefficient (Wildman–Crippen LogP) is 3.50. The third kappa shape index (κ3) is 3.21. The van der Waals surface area contributed by atoms with Gasteiger partial charge in [-0.15, -0.1) is 10.2 Å². The summed E-state index contributed by atoms with van der Waals surface area (Å²) in [5, 5.41) is 16.9. The smallest absolute Gasteiger partial charge is 0.335 e. The normalized spacial score (nSPS) is 10.5. The first-order chi connectivity index (χ1) is 11.2. The van der Waals surface area contributed by atoms with Gasteiger partial charge in [0.05, 0.1) is 12.2 Å². The second kappa shape index (κ2) is 6.31. The van der Waals surface area contributed by atoms with E-state index in [-0.39, 0.29) is 5.56 Å². The molecule has 0 radical (unpaired) electrons. The zero-order valence-electron chi connectivity index (χ0n) is 12.4. The molecule has 0 spiro atoms. The van der Waals surface area contributed by atoms with Crippen molar-refractivity contribution < 1.29 is 19.1 Å². The molecule has 1 heterocycles. The maximum atomic E-state index is 10.9. The van der Waals surface area contributed by atoms with Crippen molar-refractivity contribution in [2.24, 2.45) is 0 Å². The number of aromatic carboxylic acids is 1. The number of hydrogen-bond acceptors (Lipinski definition) is 5. The van der Waals surface area contributed by atoms with Crippen molar-refractivity contribution in [3.05, 3.63) is 54.1 Å². The van der Waals surface area contributed by atoms with Gasteiger partial charge in [-0.25, -0.2) is 4.79 Å². The van der Waals surface area contributed by atoms with Gasteiger partial charge < -0.3 is 14.3 Å². The number of carboxylic acid groups (broad SMARTS) is 1. The van der Waals surface area contributed by atoms with Crippen molar-refractivity contribution in [1.82, 2.24) is 10.2 Å². The highest BCUT2D eigenvalue weighted by molar-refractivity contribution is 5.88. The molecule has 0 saturated carbocycles. The lowest BCUT2D eigenvalue weighted by Crippen LogP contribution is -1.94. The summed E-state index contributed by atoms with van der Waals surface area (Å²) in [5.41, 5.74) is 1.63. The lowest BCUT2D eigenvalue weighted by atomic mass is 10.1. The van der Waals surface area contributed by atoms with Crippen molar-refractivity contribution >= 4 is 5.97 Å². The fraction of sp³-hybridized carbons (Fsp3) is 0.118. The van der Waals surface area contributed by atoms with Gasteiger partial charge >= 0.3 is 5.97 Å². The van der Waals surface area contributed by atoms with Crippen LogP contribution < -0.4 is 4.74 Å². The van der Waals surface area contributed by atoms with Gasteiger partial charge in [-0.1, -0.05) is 6.07 Å². The third-order valence-corrected chi connectivity index (χ3v) is 3.20. The van der Waals surface area contributed by atoms with Crippen LogP contribution in [0.2, 0.25) is 0 Å². The van der Waals surface area contributed by atoms with Gasteiger partial charge in [0.2, 0.25) is 11.8 Å². The van der Waals surface area contributed by atoms with Crippen LogP contribution in [-0.4, -0.2) is 27.9 Å². The fourth-order valence-corrected chi connectivity index (χ4v) is 2.10. The molecule has 1 aromatic heterocycles. The van der Waals surface area contributed by atoms with Gasteiger partial charge in [-0.3, -0.25) is 0 Å². The summed E-state index contributed by atoms with van der Waals surface area (Å²) in [5.74, 6) is 0.466. The van der Waals surface area contributed by atoms with Crippen LogP contribution in [-0.2, 0) is 0 Å². The average molecular weight is 310 g/mol. The Hall–Kier alpha value is -3.15. The lowest BCUT2D eigenvalue weighted by Gasteiger charge is -2.03. The Bertz CT molecular complexity index is 825. The Kier molecular flexibility index (Phi) is 4.05. The van der Waals surface area contributed by atoms with Crippen LogP contribution in [0, 0.1) is 0 Å². The van der Waals surface area contributed by atoms with E-state index in [0.717, 1.165) is 11.3 Å². The highest BCUT2D eigenvalue weighted by atomic mass is 16.5. The van der Waals surface area contributed by atoms with Gasteiger partial charge in [0, 0.05) is 11.1 Å². The van der Waals surface area contributed by atoms with Gasteiger partial charge in [0.25, 0.3) is 0 Å². The van der Waals surface area contributed by atoms with Crippen LogP contribution in [0.15, 0.2) is 52.9 Å². The van der Waals surface area contributed by atoms with Crippen LogP contribution in [0.3, 0.4) is 0 Å². The Morgan fingerprint density at radius 2 is 1.78 bits per heavy atom. The Morgan fingerprint density at radius 3 is 2.43 bits per heavy atom. The van der Waals surface area contributed by atoms with E-state index in [1.807, 2.05) is 31.2 Å². The van der Waals surface area contributed by atoms with Crippen LogP contribution in [0.5, 0.6) is 5.75 Å². The quantitative estimate of drug-likeness (QED) is 0.776. The number of aromatic nitrogens is 2. The zero-order chi connectivity index (χ0) is 16.2. The van der Waals surface area contributed by atoms with E-state index in [4.69, 9.17) is 14.3 Å². The molecule has 23 heavy (non-hydrogen) atoms. The Balaban J connectivity index is 1.88. The second-order valence-electron chi connectivity index (χ2n) is 4.76. The van der Waals surface area contributed by atoms with Crippen LogP contribution in [0.4, 0.5) is 0 Å². The summed E-state index contributed by atoms with van der Waals surface area (Å²) in [6, 6.07) is 13.7. The molecule has 6 heteroatoms. The molecule has 0 saturated heterocycles. The number of nitrogens with zero attached hydrogens (tertiary/aromatic N) is 2. The number of carbonyl (C=O) groups is 1. The molecular weight excluding hydrogens is 296 g/mol. The first-order valence-electron chi connectivity index (χ1n) is 7.08. The molecule has 0 fully saturated rings. The molecule has 2 aromatic carbocycles. The molecule has 0 unspecified atom stereocenters. The number of carboxylic acids is 1.